The summed E-state index contributed by atoms with van der Waals surface area (Å²) in [7, 11) is 0. The lowest BCUT2D eigenvalue weighted by atomic mass is 9.94. The van der Waals surface area contributed by atoms with Gasteiger partial charge in [-0.3, -0.25) is 0 Å². The van der Waals surface area contributed by atoms with E-state index in [0.29, 0.717) is 0 Å². The summed E-state index contributed by atoms with van der Waals surface area (Å²) in [6.07, 6.45) is 8.10. The van der Waals surface area contributed by atoms with Crippen LogP contribution in [-0.2, 0) is 0 Å². The van der Waals surface area contributed by atoms with Gasteiger partial charge < -0.3 is 4.90 Å². The van der Waals surface area contributed by atoms with Crippen molar-refractivity contribution in [2.45, 2.75) is 6.92 Å². The fourth-order valence-electron chi connectivity index (χ4n) is 7.80. The van der Waals surface area contributed by atoms with Crippen LogP contribution in [0.4, 0.5) is 17.1 Å². The molecule has 0 saturated carbocycles. The predicted octanol–water partition coefficient (Wildman–Crippen LogP) is 14.8. The summed E-state index contributed by atoms with van der Waals surface area (Å²) in [5, 5.41) is 7.65. The number of para-hydroxylation sites is 2. The van der Waals surface area contributed by atoms with Gasteiger partial charge in [-0.1, -0.05) is 176 Å². The van der Waals surface area contributed by atoms with Crippen LogP contribution in [-0.4, -0.2) is 9.61 Å². The Bertz CT molecular complexity index is 2830. The van der Waals surface area contributed by atoms with E-state index in [1.54, 1.807) is 0 Å². The van der Waals surface area contributed by atoms with Gasteiger partial charge in [0.25, 0.3) is 0 Å². The zero-order valence-corrected chi connectivity index (χ0v) is 31.8. The van der Waals surface area contributed by atoms with Gasteiger partial charge in [-0.25, -0.2) is 4.52 Å². The highest BCUT2D eigenvalue weighted by atomic mass is 15.2. The van der Waals surface area contributed by atoms with Gasteiger partial charge in [-0.2, -0.15) is 5.10 Å². The predicted molar refractivity (Wildman–Crippen MR) is 242 cm³/mol. The fourth-order valence-corrected chi connectivity index (χ4v) is 7.80. The lowest BCUT2D eigenvalue weighted by Crippen LogP contribution is -2.09. The molecule has 0 aliphatic rings. The van der Waals surface area contributed by atoms with E-state index in [0.717, 1.165) is 78.1 Å². The molecule has 272 valence electrons. The number of fused-ring (bicyclic) bond motifs is 3. The van der Waals surface area contributed by atoms with E-state index in [1.165, 1.54) is 11.1 Å². The molecule has 7 aromatic carbocycles. The third kappa shape index (κ3) is 6.88. The zero-order chi connectivity index (χ0) is 38.6. The smallest absolute Gasteiger partial charge is 0.101 e. The molecule has 0 bridgehead atoms. The summed E-state index contributed by atoms with van der Waals surface area (Å²) in [5.41, 5.74) is 15.4. The Kier molecular flexibility index (Phi) is 9.70. The molecule has 0 aliphatic carbocycles. The number of benzene rings is 7. The van der Waals surface area contributed by atoms with E-state index < -0.39 is 0 Å². The standard InChI is InChI=1S/C54H41N3/c1-3-17-42(18-4-2)51-38-46-37-45(33-36-50(46)54-52(43-19-9-5-10-20-43)53(55-57(51)54)44-21-11-6-12-22-44)41-29-27-39(28-30-41)40-31-34-49(35-32-40)56(47-23-13-7-14-24-47)48-25-15-8-16-26-48/h3-38H,1H2,2H3/b18-4-,42-17+. The number of rotatable bonds is 10. The summed E-state index contributed by atoms with van der Waals surface area (Å²) in [5.74, 6) is 0. The third-order valence-corrected chi connectivity index (χ3v) is 10.5. The van der Waals surface area contributed by atoms with Gasteiger partial charge in [0.2, 0.25) is 0 Å². The molecule has 3 heteroatoms. The lowest BCUT2D eigenvalue weighted by Gasteiger charge is -2.25. The number of aromatic nitrogens is 2. The van der Waals surface area contributed by atoms with Crippen molar-refractivity contribution in [2.24, 2.45) is 0 Å². The van der Waals surface area contributed by atoms with Crippen LogP contribution in [0, 0.1) is 0 Å². The van der Waals surface area contributed by atoms with Crippen LogP contribution in [0.2, 0.25) is 0 Å². The number of hydrogen-bond donors (Lipinski definition) is 0. The highest BCUT2D eigenvalue weighted by molar-refractivity contribution is 6.09. The first-order valence-corrected chi connectivity index (χ1v) is 19.4. The van der Waals surface area contributed by atoms with Gasteiger partial charge in [0.05, 0.1) is 11.2 Å². The molecule has 0 spiro atoms. The van der Waals surface area contributed by atoms with Crippen LogP contribution in [0.25, 0.3) is 66.5 Å². The van der Waals surface area contributed by atoms with Crippen LogP contribution in [0.5, 0.6) is 0 Å². The molecule has 2 heterocycles. The summed E-state index contributed by atoms with van der Waals surface area (Å²) >= 11 is 0. The Hall–Kier alpha value is -7.49. The van der Waals surface area contributed by atoms with E-state index in [4.69, 9.17) is 5.10 Å². The van der Waals surface area contributed by atoms with Crippen molar-refractivity contribution >= 4 is 38.9 Å². The first-order chi connectivity index (χ1) is 28.2. The topological polar surface area (TPSA) is 20.5 Å². The van der Waals surface area contributed by atoms with Crippen molar-refractivity contribution in [1.82, 2.24) is 9.61 Å². The molecule has 0 amide bonds. The second-order valence-corrected chi connectivity index (χ2v) is 14.0. The lowest BCUT2D eigenvalue weighted by molar-refractivity contribution is 0.954. The third-order valence-electron chi connectivity index (χ3n) is 10.5. The molecule has 0 radical (unpaired) electrons. The number of anilines is 3. The number of allylic oxidation sites excluding steroid dienone is 5. The first kappa shape index (κ1) is 35.2. The maximum absolute atomic E-state index is 5.36. The minimum absolute atomic E-state index is 0.953. The van der Waals surface area contributed by atoms with Crippen LogP contribution in [0.1, 0.15) is 12.6 Å². The Morgan fingerprint density at radius 2 is 1.02 bits per heavy atom. The van der Waals surface area contributed by atoms with Crippen LogP contribution in [0.15, 0.2) is 225 Å². The minimum atomic E-state index is 0.953. The second-order valence-electron chi connectivity index (χ2n) is 14.0. The van der Waals surface area contributed by atoms with Crippen LogP contribution >= 0.6 is 0 Å². The van der Waals surface area contributed by atoms with E-state index in [-0.39, 0.29) is 0 Å². The highest BCUT2D eigenvalue weighted by Gasteiger charge is 2.22. The summed E-state index contributed by atoms with van der Waals surface area (Å²) in [6, 6.07) is 69.0. The number of nitrogens with zero attached hydrogens (tertiary/aromatic N) is 3. The highest BCUT2D eigenvalue weighted by Crippen LogP contribution is 2.41. The van der Waals surface area contributed by atoms with Gasteiger partial charge in [0, 0.05) is 33.6 Å². The van der Waals surface area contributed by atoms with E-state index in [1.807, 2.05) is 13.0 Å². The quantitative estimate of drug-likeness (QED) is 0.131. The molecule has 0 saturated heterocycles. The molecule has 9 aromatic rings. The Balaban J connectivity index is 1.13. The average molecular weight is 732 g/mol. The molecule has 57 heavy (non-hydrogen) atoms. The largest absolute Gasteiger partial charge is 0.311 e. The Morgan fingerprint density at radius 1 is 0.526 bits per heavy atom. The van der Waals surface area contributed by atoms with Crippen molar-refractivity contribution in [3.8, 4) is 44.6 Å². The molecule has 3 nitrogen and oxygen atoms in total. The van der Waals surface area contributed by atoms with E-state index in [9.17, 15) is 0 Å². The van der Waals surface area contributed by atoms with Gasteiger partial charge in [-0.05, 0) is 94.2 Å². The summed E-state index contributed by atoms with van der Waals surface area (Å²) < 4.78 is 2.13. The molecule has 0 aliphatic heterocycles. The number of pyridine rings is 1. The average Bonchev–Trinajstić information content (AvgIpc) is 3.69. The molecule has 0 N–H and O–H groups in total. The maximum atomic E-state index is 5.36. The van der Waals surface area contributed by atoms with Crippen LogP contribution < -0.4 is 4.90 Å². The van der Waals surface area contributed by atoms with E-state index in [2.05, 4.69) is 228 Å². The molecule has 2 aromatic heterocycles. The van der Waals surface area contributed by atoms with Gasteiger partial charge in [0.15, 0.2) is 0 Å². The SMILES string of the molecule is C=C/C=C(\C=C/C)c1cc2cc(-c3ccc(-c4ccc(N(c5ccccc5)c5ccccc5)cc4)cc3)ccc2c2c(-c3ccccc3)c(-c3ccccc3)nn12. The Labute approximate surface area is 334 Å². The van der Waals surface area contributed by atoms with E-state index >= 15 is 0 Å². The molecule has 9 rings (SSSR count). The summed E-state index contributed by atoms with van der Waals surface area (Å²) in [4.78, 5) is 2.29. The van der Waals surface area contributed by atoms with Gasteiger partial charge >= 0.3 is 0 Å². The normalized spacial score (nSPS) is 11.7. The second kappa shape index (κ2) is 15.7. The van der Waals surface area contributed by atoms with Crippen molar-refractivity contribution in [2.75, 3.05) is 4.90 Å². The van der Waals surface area contributed by atoms with Crippen molar-refractivity contribution < 1.29 is 0 Å². The van der Waals surface area contributed by atoms with Crippen LogP contribution in [0.3, 0.4) is 0 Å². The van der Waals surface area contributed by atoms with Gasteiger partial charge in [0.1, 0.15) is 5.69 Å². The minimum Gasteiger partial charge on any atom is -0.311 e. The van der Waals surface area contributed by atoms with Crippen molar-refractivity contribution in [3.05, 3.63) is 231 Å². The summed E-state index contributed by atoms with van der Waals surface area (Å²) in [6.45, 7) is 6.09. The molecule has 0 fully saturated rings. The fraction of sp³-hybridized carbons (Fsp3) is 0.0185. The Morgan fingerprint density at radius 3 is 1.58 bits per heavy atom. The van der Waals surface area contributed by atoms with Gasteiger partial charge in [-0.15, -0.1) is 0 Å². The van der Waals surface area contributed by atoms with Crippen molar-refractivity contribution in [1.29, 1.82) is 0 Å². The monoisotopic (exact) mass is 731 g/mol. The molecule has 0 unspecified atom stereocenters. The first-order valence-electron chi connectivity index (χ1n) is 19.4. The molecular formula is C54H41N3. The molecular weight excluding hydrogens is 691 g/mol. The van der Waals surface area contributed by atoms with Crippen molar-refractivity contribution in [3.63, 3.8) is 0 Å². The maximum Gasteiger partial charge on any atom is 0.101 e. The molecule has 0 atom stereocenters. The number of hydrogen-bond acceptors (Lipinski definition) is 2. The zero-order valence-electron chi connectivity index (χ0n) is 31.8.